The number of nitrogens with one attached hydrogen (secondary N) is 2. The van der Waals surface area contributed by atoms with Crippen LogP contribution in [0.2, 0.25) is 0 Å². The second-order valence-corrected chi connectivity index (χ2v) is 7.39. The molecular weight excluding hydrogens is 419 g/mol. The quantitative estimate of drug-likeness (QED) is 0.229. The smallest absolute Gasteiger partial charge is 0.191 e. The highest BCUT2D eigenvalue weighted by atomic mass is 127. The maximum absolute atomic E-state index is 4.84. The minimum absolute atomic E-state index is 0. The Bertz CT molecular complexity index is 307. The van der Waals surface area contributed by atoms with Crippen molar-refractivity contribution in [3.05, 3.63) is 0 Å². The van der Waals surface area contributed by atoms with Gasteiger partial charge in [0.05, 0.1) is 6.54 Å². The van der Waals surface area contributed by atoms with Gasteiger partial charge in [-0.2, -0.15) is 11.8 Å². The van der Waals surface area contributed by atoms with Gasteiger partial charge in [0.2, 0.25) is 0 Å². The van der Waals surface area contributed by atoms with Crippen LogP contribution in [-0.4, -0.2) is 61.6 Å². The summed E-state index contributed by atoms with van der Waals surface area (Å²) >= 11 is 1.92. The Morgan fingerprint density at radius 2 is 1.87 bits per heavy atom. The van der Waals surface area contributed by atoms with Crippen molar-refractivity contribution >= 4 is 41.7 Å². The van der Waals surface area contributed by atoms with Crippen molar-refractivity contribution in [1.29, 1.82) is 0 Å². The average molecular weight is 456 g/mol. The lowest BCUT2D eigenvalue weighted by molar-refractivity contribution is 0.197. The molecule has 0 aromatic rings. The number of hydrogen-bond donors (Lipinski definition) is 2. The predicted molar refractivity (Wildman–Crippen MR) is 116 cm³/mol. The minimum atomic E-state index is 0. The highest BCUT2D eigenvalue weighted by Gasteiger charge is 2.24. The van der Waals surface area contributed by atoms with Crippen molar-refractivity contribution in [3.63, 3.8) is 0 Å². The van der Waals surface area contributed by atoms with Gasteiger partial charge in [0.25, 0.3) is 0 Å². The molecule has 6 heteroatoms. The molecule has 1 fully saturated rings. The normalized spacial score (nSPS) is 17.2. The Balaban J connectivity index is 0.00000484. The molecule has 0 radical (unpaired) electrons. The van der Waals surface area contributed by atoms with Crippen LogP contribution in [0.3, 0.4) is 0 Å². The number of hydrogen-bond acceptors (Lipinski definition) is 3. The highest BCUT2D eigenvalue weighted by Crippen LogP contribution is 2.17. The van der Waals surface area contributed by atoms with Crippen molar-refractivity contribution in [2.75, 3.05) is 44.7 Å². The number of rotatable bonds is 10. The molecule has 0 aromatic carbocycles. The number of aliphatic imine (C=N–C) groups is 1. The molecule has 0 aromatic heterocycles. The van der Waals surface area contributed by atoms with Gasteiger partial charge in [0, 0.05) is 19.1 Å². The number of likely N-dealkylation sites (tertiary alicyclic amines) is 1. The summed E-state index contributed by atoms with van der Waals surface area (Å²) in [7, 11) is 0. The van der Waals surface area contributed by atoms with Crippen molar-refractivity contribution in [3.8, 4) is 0 Å². The first kappa shape index (κ1) is 23.3. The van der Waals surface area contributed by atoms with Crippen LogP contribution in [0.5, 0.6) is 0 Å². The zero-order valence-corrected chi connectivity index (χ0v) is 18.6. The highest BCUT2D eigenvalue weighted by molar-refractivity contribution is 14.0. The van der Waals surface area contributed by atoms with Crippen molar-refractivity contribution in [2.45, 2.75) is 52.5 Å². The molecule has 1 aliphatic rings. The predicted octanol–water partition coefficient (Wildman–Crippen LogP) is 3.42. The van der Waals surface area contributed by atoms with Gasteiger partial charge >= 0.3 is 0 Å². The van der Waals surface area contributed by atoms with Gasteiger partial charge in [-0.05, 0) is 63.6 Å². The zero-order chi connectivity index (χ0) is 16.2. The second-order valence-electron chi connectivity index (χ2n) is 6.40. The Morgan fingerprint density at radius 1 is 1.17 bits per heavy atom. The summed E-state index contributed by atoms with van der Waals surface area (Å²) < 4.78 is 0. The van der Waals surface area contributed by atoms with Gasteiger partial charge in [-0.1, -0.05) is 13.8 Å². The van der Waals surface area contributed by atoms with Crippen LogP contribution in [-0.2, 0) is 0 Å². The van der Waals surface area contributed by atoms with Crippen LogP contribution in [0.4, 0.5) is 0 Å². The molecule has 1 unspecified atom stereocenters. The van der Waals surface area contributed by atoms with E-state index in [9.17, 15) is 0 Å². The minimum Gasteiger partial charge on any atom is -0.357 e. The summed E-state index contributed by atoms with van der Waals surface area (Å²) in [6, 6.07) is 0.578. The molecule has 0 saturated carbocycles. The van der Waals surface area contributed by atoms with E-state index in [0.29, 0.717) is 12.0 Å². The lowest BCUT2D eigenvalue weighted by atomic mass is 10.0. The standard InChI is InChI=1S/C17H36N4S.HI/c1-5-18-17(19-10-6-9-13-22-4)20-14-16(15(2)3)21-11-7-8-12-21;/h15-16H,5-14H2,1-4H3,(H2,18,19,20);1H. The zero-order valence-electron chi connectivity index (χ0n) is 15.4. The number of guanidine groups is 1. The maximum Gasteiger partial charge on any atom is 0.191 e. The van der Waals surface area contributed by atoms with Crippen LogP contribution in [0.1, 0.15) is 46.5 Å². The topological polar surface area (TPSA) is 39.7 Å². The molecule has 138 valence electrons. The molecule has 1 heterocycles. The van der Waals surface area contributed by atoms with Crippen molar-refractivity contribution in [2.24, 2.45) is 10.9 Å². The van der Waals surface area contributed by atoms with Crippen LogP contribution >= 0.6 is 35.7 Å². The largest absolute Gasteiger partial charge is 0.357 e. The molecular formula is C17H37IN4S. The summed E-state index contributed by atoms with van der Waals surface area (Å²) in [5.74, 6) is 2.89. The summed E-state index contributed by atoms with van der Waals surface area (Å²) in [4.78, 5) is 7.47. The Kier molecular flexibility index (Phi) is 14.8. The van der Waals surface area contributed by atoms with E-state index in [0.717, 1.165) is 25.6 Å². The van der Waals surface area contributed by atoms with Gasteiger partial charge < -0.3 is 10.6 Å². The van der Waals surface area contributed by atoms with E-state index in [2.05, 4.69) is 42.6 Å². The maximum atomic E-state index is 4.84. The lowest BCUT2D eigenvalue weighted by Crippen LogP contribution is -2.42. The molecule has 0 aliphatic carbocycles. The van der Waals surface area contributed by atoms with Crippen LogP contribution in [0.25, 0.3) is 0 Å². The molecule has 2 N–H and O–H groups in total. The molecule has 4 nitrogen and oxygen atoms in total. The average Bonchev–Trinajstić information content (AvgIpc) is 3.00. The molecule has 23 heavy (non-hydrogen) atoms. The van der Waals surface area contributed by atoms with E-state index in [1.54, 1.807) is 0 Å². The summed E-state index contributed by atoms with van der Waals surface area (Å²) in [5.41, 5.74) is 0. The fourth-order valence-electron chi connectivity index (χ4n) is 2.93. The van der Waals surface area contributed by atoms with E-state index in [-0.39, 0.29) is 24.0 Å². The second kappa shape index (κ2) is 14.6. The molecule has 0 spiro atoms. The monoisotopic (exact) mass is 456 g/mol. The van der Waals surface area contributed by atoms with E-state index in [1.165, 1.54) is 44.5 Å². The van der Waals surface area contributed by atoms with Crippen LogP contribution < -0.4 is 10.6 Å². The lowest BCUT2D eigenvalue weighted by Gasteiger charge is -2.29. The SMILES string of the molecule is CCNC(=NCC(C(C)C)N1CCCC1)NCCCCSC.I. The Labute approximate surface area is 165 Å². The van der Waals surface area contributed by atoms with E-state index >= 15 is 0 Å². The van der Waals surface area contributed by atoms with E-state index in [1.807, 2.05) is 11.8 Å². The molecule has 0 bridgehead atoms. The molecule has 1 atom stereocenters. The number of nitrogens with zero attached hydrogens (tertiary/aromatic N) is 2. The molecule has 1 saturated heterocycles. The van der Waals surface area contributed by atoms with Gasteiger partial charge in [-0.25, -0.2) is 0 Å². The first-order valence-corrected chi connectivity index (χ1v) is 10.3. The number of halogens is 1. The van der Waals surface area contributed by atoms with Gasteiger partial charge in [0.1, 0.15) is 0 Å². The Hall–Kier alpha value is 0.310. The fourth-order valence-corrected chi connectivity index (χ4v) is 3.42. The summed E-state index contributed by atoms with van der Waals surface area (Å²) in [6.45, 7) is 12.1. The third-order valence-electron chi connectivity index (χ3n) is 4.23. The van der Waals surface area contributed by atoms with E-state index in [4.69, 9.17) is 4.99 Å². The van der Waals surface area contributed by atoms with E-state index < -0.39 is 0 Å². The van der Waals surface area contributed by atoms with Gasteiger partial charge in [-0.15, -0.1) is 24.0 Å². The van der Waals surface area contributed by atoms with Crippen LogP contribution in [0.15, 0.2) is 4.99 Å². The summed E-state index contributed by atoms with van der Waals surface area (Å²) in [6.07, 6.45) is 7.35. The molecule has 0 amide bonds. The first-order chi connectivity index (χ1) is 10.7. The summed E-state index contributed by atoms with van der Waals surface area (Å²) in [5, 5.41) is 6.85. The van der Waals surface area contributed by atoms with Crippen molar-refractivity contribution in [1.82, 2.24) is 15.5 Å². The van der Waals surface area contributed by atoms with Crippen LogP contribution in [0, 0.1) is 5.92 Å². The third-order valence-corrected chi connectivity index (χ3v) is 4.92. The fraction of sp³-hybridized carbons (Fsp3) is 0.941. The molecule has 1 aliphatic heterocycles. The van der Waals surface area contributed by atoms with Gasteiger partial charge in [0.15, 0.2) is 5.96 Å². The third kappa shape index (κ3) is 10.0. The number of thioether (sulfide) groups is 1. The Morgan fingerprint density at radius 3 is 2.43 bits per heavy atom. The molecule has 1 rings (SSSR count). The number of unbranched alkanes of at least 4 members (excludes halogenated alkanes) is 1. The first-order valence-electron chi connectivity index (χ1n) is 8.94. The van der Waals surface area contributed by atoms with Gasteiger partial charge in [-0.3, -0.25) is 9.89 Å². The van der Waals surface area contributed by atoms with Crippen molar-refractivity contribution < 1.29 is 0 Å².